The molecule has 0 aromatic heterocycles. The summed E-state index contributed by atoms with van der Waals surface area (Å²) in [6.45, 7) is 7.15. The van der Waals surface area contributed by atoms with E-state index in [2.05, 4.69) is 35.4 Å². The molecule has 0 saturated carbocycles. The lowest BCUT2D eigenvalue weighted by Crippen LogP contribution is -2.39. The van der Waals surface area contributed by atoms with Crippen LogP contribution in [0.2, 0.25) is 0 Å². The van der Waals surface area contributed by atoms with E-state index in [1.54, 1.807) is 11.0 Å². The molecule has 0 heterocycles. The fourth-order valence-corrected chi connectivity index (χ4v) is 3.56. The van der Waals surface area contributed by atoms with Gasteiger partial charge in [0, 0.05) is 18.8 Å². The maximum atomic E-state index is 12.8. The van der Waals surface area contributed by atoms with Crippen LogP contribution in [0.25, 0.3) is 0 Å². The number of carbonyl (C=O) groups excluding carboxylic acids is 2. The van der Waals surface area contributed by atoms with Crippen molar-refractivity contribution in [2.24, 2.45) is 0 Å². The molecule has 5 heteroatoms. The van der Waals surface area contributed by atoms with Crippen LogP contribution in [0.5, 0.6) is 0 Å². The molecule has 0 spiro atoms. The number of hydrogen-bond acceptors (Lipinski definition) is 2. The third-order valence-corrected chi connectivity index (χ3v) is 5.26. The number of aryl methyl sites for hydroxylation is 1. The molecule has 0 aliphatic rings. The molecule has 0 radical (unpaired) electrons. The normalized spacial score (nSPS) is 10.3. The second-order valence-corrected chi connectivity index (χ2v) is 7.98. The van der Waals surface area contributed by atoms with Crippen LogP contribution in [-0.4, -0.2) is 25.0 Å². The fourth-order valence-electron chi connectivity index (χ4n) is 3.56. The number of carbonyl (C=O) groups is 2. The second kappa shape index (κ2) is 12.2. The Hall–Kier alpha value is -3.86. The topological polar surface area (TPSA) is 61.4 Å². The smallest absolute Gasteiger partial charge is 0.322 e. The zero-order valence-corrected chi connectivity index (χ0v) is 19.1. The van der Waals surface area contributed by atoms with Crippen LogP contribution in [0.1, 0.15) is 22.3 Å². The van der Waals surface area contributed by atoms with Crippen LogP contribution in [0, 0.1) is 6.92 Å². The Morgan fingerprint density at radius 1 is 0.879 bits per heavy atom. The number of amides is 3. The number of nitrogens with zero attached hydrogens (tertiary/aromatic N) is 1. The molecule has 3 aromatic rings. The number of urea groups is 1. The van der Waals surface area contributed by atoms with Crippen LogP contribution in [0.4, 0.5) is 10.5 Å². The van der Waals surface area contributed by atoms with E-state index in [4.69, 9.17) is 0 Å². The minimum absolute atomic E-state index is 0.0148. The third kappa shape index (κ3) is 7.65. The Bertz CT molecular complexity index is 1060. The number of nitrogens with one attached hydrogen (secondary N) is 2. The lowest BCUT2D eigenvalue weighted by molar-refractivity contribution is -0.120. The van der Waals surface area contributed by atoms with Gasteiger partial charge in [0.1, 0.15) is 0 Å². The lowest BCUT2D eigenvalue weighted by atomic mass is 10.1. The summed E-state index contributed by atoms with van der Waals surface area (Å²) in [6.07, 6.45) is 2.76. The molecule has 0 aliphatic carbocycles. The fraction of sp³-hybridized carbons (Fsp3) is 0.214. The van der Waals surface area contributed by atoms with E-state index < -0.39 is 0 Å². The van der Waals surface area contributed by atoms with Crippen molar-refractivity contribution < 1.29 is 9.59 Å². The van der Waals surface area contributed by atoms with E-state index in [0.29, 0.717) is 26.1 Å². The van der Waals surface area contributed by atoms with E-state index in [0.717, 1.165) is 28.8 Å². The van der Waals surface area contributed by atoms with Crippen molar-refractivity contribution >= 4 is 17.6 Å². The maximum Gasteiger partial charge on any atom is 0.322 e. The molecule has 0 unspecified atom stereocenters. The van der Waals surface area contributed by atoms with Gasteiger partial charge < -0.3 is 10.6 Å². The average molecular weight is 442 g/mol. The first-order chi connectivity index (χ1) is 16.0. The van der Waals surface area contributed by atoms with Gasteiger partial charge in [-0.3, -0.25) is 9.69 Å². The van der Waals surface area contributed by atoms with E-state index in [9.17, 15) is 9.59 Å². The Morgan fingerprint density at radius 3 is 2.30 bits per heavy atom. The molecule has 0 saturated heterocycles. The van der Waals surface area contributed by atoms with Gasteiger partial charge in [-0.2, -0.15) is 0 Å². The van der Waals surface area contributed by atoms with Crippen molar-refractivity contribution in [2.75, 3.05) is 18.0 Å². The minimum Gasteiger partial charge on any atom is -0.355 e. The third-order valence-electron chi connectivity index (χ3n) is 5.26. The lowest BCUT2D eigenvalue weighted by Gasteiger charge is -2.23. The summed E-state index contributed by atoms with van der Waals surface area (Å²) < 4.78 is 0. The van der Waals surface area contributed by atoms with Gasteiger partial charge in [-0.05, 0) is 42.2 Å². The second-order valence-electron chi connectivity index (χ2n) is 7.98. The largest absolute Gasteiger partial charge is 0.355 e. The average Bonchev–Trinajstić information content (AvgIpc) is 2.82. The Morgan fingerprint density at radius 2 is 1.61 bits per heavy atom. The summed E-state index contributed by atoms with van der Waals surface area (Å²) in [6, 6.07) is 25.6. The van der Waals surface area contributed by atoms with Gasteiger partial charge in [0.05, 0.1) is 13.0 Å². The summed E-state index contributed by atoms with van der Waals surface area (Å²) in [5.41, 5.74) is 5.06. The van der Waals surface area contributed by atoms with Crippen molar-refractivity contribution in [2.45, 2.75) is 26.3 Å². The van der Waals surface area contributed by atoms with Gasteiger partial charge in [-0.25, -0.2) is 4.79 Å². The van der Waals surface area contributed by atoms with E-state index >= 15 is 0 Å². The van der Waals surface area contributed by atoms with Gasteiger partial charge in [0.15, 0.2) is 0 Å². The van der Waals surface area contributed by atoms with Gasteiger partial charge in [0.2, 0.25) is 5.91 Å². The molecule has 3 aromatic carbocycles. The Kier molecular flexibility index (Phi) is 8.83. The first kappa shape index (κ1) is 23.8. The van der Waals surface area contributed by atoms with Gasteiger partial charge >= 0.3 is 6.03 Å². The highest BCUT2D eigenvalue weighted by molar-refractivity contribution is 5.92. The number of benzene rings is 3. The maximum absolute atomic E-state index is 12.8. The summed E-state index contributed by atoms with van der Waals surface area (Å²) >= 11 is 0. The minimum atomic E-state index is -0.192. The number of rotatable bonds is 10. The summed E-state index contributed by atoms with van der Waals surface area (Å²) in [4.78, 5) is 26.8. The Labute approximate surface area is 196 Å². The van der Waals surface area contributed by atoms with Crippen molar-refractivity contribution in [1.82, 2.24) is 10.6 Å². The molecule has 3 amide bonds. The molecule has 33 heavy (non-hydrogen) atoms. The van der Waals surface area contributed by atoms with Crippen molar-refractivity contribution in [3.63, 3.8) is 0 Å². The molecule has 0 fully saturated rings. The zero-order chi connectivity index (χ0) is 23.5. The predicted molar refractivity (Wildman–Crippen MR) is 134 cm³/mol. The predicted octanol–water partition coefficient (Wildman–Crippen LogP) is 4.80. The molecule has 0 atom stereocenters. The number of hydrogen-bond donors (Lipinski definition) is 2. The molecule has 0 aliphatic heterocycles. The molecule has 170 valence electrons. The molecule has 5 nitrogen and oxygen atoms in total. The van der Waals surface area contributed by atoms with E-state index in [1.165, 1.54) is 5.56 Å². The van der Waals surface area contributed by atoms with Gasteiger partial charge in [-0.15, -0.1) is 6.58 Å². The quantitative estimate of drug-likeness (QED) is 0.444. The van der Waals surface area contributed by atoms with Gasteiger partial charge in [0.25, 0.3) is 0 Å². The van der Waals surface area contributed by atoms with Gasteiger partial charge in [-0.1, -0.05) is 78.4 Å². The molecule has 3 rings (SSSR count). The van der Waals surface area contributed by atoms with Crippen molar-refractivity contribution in [3.8, 4) is 0 Å². The highest BCUT2D eigenvalue weighted by Gasteiger charge is 2.16. The Balaban J connectivity index is 1.61. The highest BCUT2D eigenvalue weighted by Crippen LogP contribution is 2.19. The van der Waals surface area contributed by atoms with Crippen molar-refractivity contribution in [1.29, 1.82) is 0 Å². The zero-order valence-electron chi connectivity index (χ0n) is 19.1. The molecular formula is C28H31N3O2. The van der Waals surface area contributed by atoms with E-state index in [-0.39, 0.29) is 11.9 Å². The number of anilines is 1. The first-order valence-corrected chi connectivity index (χ1v) is 11.2. The highest BCUT2D eigenvalue weighted by atomic mass is 16.2. The van der Waals surface area contributed by atoms with Crippen LogP contribution < -0.4 is 15.5 Å². The SMILES string of the molecule is C=CCNC(=O)N(Cc1cccc(C)c1)c1ccc(CC(=O)NCCc2ccccc2)cc1. The summed E-state index contributed by atoms with van der Waals surface area (Å²) in [5, 5.41) is 5.83. The van der Waals surface area contributed by atoms with Crippen LogP contribution >= 0.6 is 0 Å². The summed E-state index contributed by atoms with van der Waals surface area (Å²) in [7, 11) is 0. The van der Waals surface area contributed by atoms with Crippen LogP contribution in [0.3, 0.4) is 0 Å². The standard InChI is InChI=1S/C28H31N3O2/c1-3-17-30-28(33)31(21-25-11-7-8-22(2)19-25)26-14-12-24(13-15-26)20-27(32)29-18-16-23-9-5-4-6-10-23/h3-15,19H,1,16-18,20-21H2,2H3,(H,29,32)(H,30,33). The monoisotopic (exact) mass is 441 g/mol. The summed E-state index contributed by atoms with van der Waals surface area (Å²) in [5.74, 6) is -0.0148. The van der Waals surface area contributed by atoms with Crippen molar-refractivity contribution in [3.05, 3.63) is 114 Å². The molecule has 2 N–H and O–H groups in total. The molecular weight excluding hydrogens is 410 g/mol. The van der Waals surface area contributed by atoms with Crippen LogP contribution in [-0.2, 0) is 24.2 Å². The van der Waals surface area contributed by atoms with Crippen LogP contribution in [0.15, 0.2) is 91.5 Å². The van der Waals surface area contributed by atoms with E-state index in [1.807, 2.05) is 67.6 Å². The molecule has 0 bridgehead atoms. The first-order valence-electron chi connectivity index (χ1n) is 11.2.